The molecule has 11 heteroatoms. The van der Waals surface area contributed by atoms with Gasteiger partial charge in [-0.3, -0.25) is 9.69 Å². The van der Waals surface area contributed by atoms with Crippen LogP contribution in [0.15, 0.2) is 54.6 Å². The first kappa shape index (κ1) is 34.8. The predicted molar refractivity (Wildman–Crippen MR) is 191 cm³/mol. The lowest BCUT2D eigenvalue weighted by atomic mass is 9.98. The largest absolute Gasteiger partial charge is 0.511 e. The quantitative estimate of drug-likeness (QED) is 0.155. The van der Waals surface area contributed by atoms with E-state index in [0.717, 1.165) is 61.0 Å². The number of hydrogen-bond acceptors (Lipinski definition) is 9. The van der Waals surface area contributed by atoms with Crippen LogP contribution in [-0.4, -0.2) is 72.6 Å². The molecule has 1 aromatic heterocycles. The summed E-state index contributed by atoms with van der Waals surface area (Å²) in [6, 6.07) is 18.4. The molecule has 3 fully saturated rings. The van der Waals surface area contributed by atoms with Gasteiger partial charge in [0.05, 0.1) is 12.1 Å². The molecule has 2 amide bonds. The number of anilines is 1. The Kier molecular flexibility index (Phi) is 11.4. The van der Waals surface area contributed by atoms with E-state index in [-0.39, 0.29) is 24.1 Å². The SMILES string of the molecule is Cc1ccc(NC2CN(C(=O)OC(C)OC(=O)OC3CCCCC3)C2)cc1C(=O)N[C@H](C)c1cccc(-c2ccc(CN3CCCC3)s2)c1. The van der Waals surface area contributed by atoms with Gasteiger partial charge in [0.15, 0.2) is 0 Å². The first-order chi connectivity index (χ1) is 23.7. The van der Waals surface area contributed by atoms with Crippen LogP contribution < -0.4 is 10.6 Å². The van der Waals surface area contributed by atoms with Crippen LogP contribution in [0.2, 0.25) is 0 Å². The predicted octanol–water partition coefficient (Wildman–Crippen LogP) is 7.87. The van der Waals surface area contributed by atoms with Crippen molar-refractivity contribution in [3.05, 3.63) is 76.2 Å². The molecular weight excluding hydrogens is 641 g/mol. The Hall–Kier alpha value is -4.09. The van der Waals surface area contributed by atoms with E-state index in [1.165, 1.54) is 47.5 Å². The highest BCUT2D eigenvalue weighted by Gasteiger charge is 2.33. The molecule has 0 radical (unpaired) electrons. The van der Waals surface area contributed by atoms with Crippen molar-refractivity contribution in [2.24, 2.45) is 0 Å². The fourth-order valence-corrected chi connectivity index (χ4v) is 7.78. The Morgan fingerprint density at radius 2 is 1.69 bits per heavy atom. The Morgan fingerprint density at radius 3 is 2.47 bits per heavy atom. The maximum absolute atomic E-state index is 13.5. The monoisotopic (exact) mass is 688 g/mol. The van der Waals surface area contributed by atoms with Gasteiger partial charge < -0.3 is 29.7 Å². The van der Waals surface area contributed by atoms with Crippen molar-refractivity contribution in [2.75, 3.05) is 31.5 Å². The van der Waals surface area contributed by atoms with E-state index in [0.29, 0.717) is 18.7 Å². The fraction of sp³-hybridized carbons (Fsp3) is 0.500. The molecule has 1 saturated carbocycles. The van der Waals surface area contributed by atoms with Crippen molar-refractivity contribution in [1.82, 2.24) is 15.1 Å². The highest BCUT2D eigenvalue weighted by Crippen LogP contribution is 2.31. The summed E-state index contributed by atoms with van der Waals surface area (Å²) < 4.78 is 15.8. The number of rotatable bonds is 11. The summed E-state index contributed by atoms with van der Waals surface area (Å²) in [5.41, 5.74) is 4.49. The molecule has 2 aromatic carbocycles. The summed E-state index contributed by atoms with van der Waals surface area (Å²) in [5.74, 6) is -0.141. The van der Waals surface area contributed by atoms with E-state index in [9.17, 15) is 14.4 Å². The van der Waals surface area contributed by atoms with Crippen LogP contribution in [0.5, 0.6) is 0 Å². The van der Waals surface area contributed by atoms with Crippen molar-refractivity contribution in [3.8, 4) is 10.4 Å². The van der Waals surface area contributed by atoms with E-state index in [4.69, 9.17) is 14.2 Å². The molecule has 1 aliphatic carbocycles. The van der Waals surface area contributed by atoms with Gasteiger partial charge in [0, 0.05) is 47.6 Å². The van der Waals surface area contributed by atoms with Crippen LogP contribution in [0.1, 0.15) is 91.2 Å². The Labute approximate surface area is 293 Å². The third kappa shape index (κ3) is 9.33. The number of nitrogens with zero attached hydrogens (tertiary/aromatic N) is 2. The lowest BCUT2D eigenvalue weighted by Gasteiger charge is -2.39. The van der Waals surface area contributed by atoms with E-state index >= 15 is 0 Å². The molecule has 262 valence electrons. The molecule has 3 heterocycles. The first-order valence-electron chi connectivity index (χ1n) is 17.6. The van der Waals surface area contributed by atoms with Crippen LogP contribution in [0.4, 0.5) is 15.3 Å². The number of benzene rings is 2. The van der Waals surface area contributed by atoms with Gasteiger partial charge in [0.1, 0.15) is 6.10 Å². The van der Waals surface area contributed by atoms with E-state index < -0.39 is 18.5 Å². The van der Waals surface area contributed by atoms with Crippen molar-refractivity contribution >= 4 is 35.2 Å². The normalized spacial score (nSPS) is 18.3. The number of ether oxygens (including phenoxy) is 3. The Balaban J connectivity index is 0.967. The second-order valence-electron chi connectivity index (χ2n) is 13.5. The van der Waals surface area contributed by atoms with Gasteiger partial charge in [-0.15, -0.1) is 11.3 Å². The summed E-state index contributed by atoms with van der Waals surface area (Å²) in [6.45, 7) is 9.67. The van der Waals surface area contributed by atoms with Gasteiger partial charge in [-0.1, -0.05) is 30.7 Å². The molecule has 49 heavy (non-hydrogen) atoms. The van der Waals surface area contributed by atoms with Crippen molar-refractivity contribution in [2.45, 2.75) is 96.7 Å². The van der Waals surface area contributed by atoms with E-state index in [1.54, 1.807) is 0 Å². The number of carbonyl (C=O) groups excluding carboxylic acids is 3. The standard InChI is InChI=1S/C38H48N4O6S/c1-25-14-15-30(40-31-22-42(23-31)37(44)46-27(3)47-38(45)48-32-12-5-4-6-13-32)21-34(25)36(43)39-26(2)28-10-9-11-29(20-28)35-17-16-33(49-35)24-41-18-7-8-19-41/h9-11,14-17,20-21,26-27,31-32,40H,4-8,12-13,18-19,22-24H2,1-3H3,(H,39,43)/t26-,27?/m1/s1. The number of thiophene rings is 1. The molecule has 3 aromatic rings. The van der Waals surface area contributed by atoms with Crippen molar-refractivity contribution in [3.63, 3.8) is 0 Å². The second-order valence-corrected chi connectivity index (χ2v) is 14.7. The minimum atomic E-state index is -1.05. The zero-order valence-electron chi connectivity index (χ0n) is 28.7. The van der Waals surface area contributed by atoms with Gasteiger partial charge >= 0.3 is 12.2 Å². The molecule has 3 aliphatic rings. The van der Waals surface area contributed by atoms with Crippen LogP contribution in [0.25, 0.3) is 10.4 Å². The summed E-state index contributed by atoms with van der Waals surface area (Å²) >= 11 is 1.84. The second kappa shape index (κ2) is 16.1. The topological polar surface area (TPSA) is 109 Å². The molecule has 6 rings (SSSR count). The van der Waals surface area contributed by atoms with Crippen LogP contribution >= 0.6 is 11.3 Å². The highest BCUT2D eigenvalue weighted by molar-refractivity contribution is 7.15. The molecule has 2 aliphatic heterocycles. The zero-order valence-corrected chi connectivity index (χ0v) is 29.6. The van der Waals surface area contributed by atoms with Crippen molar-refractivity contribution < 1.29 is 28.6 Å². The number of amides is 2. The highest BCUT2D eigenvalue weighted by atomic mass is 32.1. The molecule has 2 saturated heterocycles. The molecule has 0 bridgehead atoms. The zero-order chi connectivity index (χ0) is 34.3. The summed E-state index contributed by atoms with van der Waals surface area (Å²) in [6.07, 6.45) is 4.94. The van der Waals surface area contributed by atoms with Crippen LogP contribution in [0.3, 0.4) is 0 Å². The fourth-order valence-electron chi connectivity index (χ4n) is 6.73. The lowest BCUT2D eigenvalue weighted by molar-refractivity contribution is -0.0955. The summed E-state index contributed by atoms with van der Waals surface area (Å²) in [7, 11) is 0. The third-order valence-electron chi connectivity index (χ3n) is 9.60. The molecule has 0 spiro atoms. The average Bonchev–Trinajstić information content (AvgIpc) is 3.76. The summed E-state index contributed by atoms with van der Waals surface area (Å²) in [4.78, 5) is 44.8. The number of hydrogen-bond donors (Lipinski definition) is 2. The average molecular weight is 689 g/mol. The van der Waals surface area contributed by atoms with E-state index in [2.05, 4.69) is 51.9 Å². The maximum atomic E-state index is 13.5. The molecular formula is C38H48N4O6S. The van der Waals surface area contributed by atoms with E-state index in [1.807, 2.05) is 43.4 Å². The van der Waals surface area contributed by atoms with Crippen LogP contribution in [-0.2, 0) is 20.8 Å². The third-order valence-corrected chi connectivity index (χ3v) is 10.7. The van der Waals surface area contributed by atoms with Gasteiger partial charge in [-0.2, -0.15) is 0 Å². The van der Waals surface area contributed by atoms with Crippen LogP contribution in [0, 0.1) is 6.92 Å². The molecule has 10 nitrogen and oxygen atoms in total. The molecule has 1 unspecified atom stereocenters. The van der Waals surface area contributed by atoms with Gasteiger partial charge in [0.25, 0.3) is 5.91 Å². The van der Waals surface area contributed by atoms with Gasteiger partial charge in [-0.05, 0) is 112 Å². The Bertz CT molecular complexity index is 1610. The van der Waals surface area contributed by atoms with Gasteiger partial charge in [0.2, 0.25) is 6.29 Å². The number of nitrogens with one attached hydrogen (secondary N) is 2. The lowest BCUT2D eigenvalue weighted by Crippen LogP contribution is -2.57. The number of carbonyl (C=O) groups is 3. The minimum Gasteiger partial charge on any atom is -0.431 e. The first-order valence-corrected chi connectivity index (χ1v) is 18.4. The summed E-state index contributed by atoms with van der Waals surface area (Å²) in [5, 5.41) is 6.60. The Morgan fingerprint density at radius 1 is 0.918 bits per heavy atom. The van der Waals surface area contributed by atoms with Crippen molar-refractivity contribution in [1.29, 1.82) is 0 Å². The molecule has 2 N–H and O–H groups in total. The van der Waals surface area contributed by atoms with Gasteiger partial charge in [-0.25, -0.2) is 9.59 Å². The number of aryl methyl sites for hydroxylation is 1. The number of likely N-dealkylation sites (tertiary alicyclic amines) is 2. The molecule has 2 atom stereocenters. The minimum absolute atomic E-state index is 0.00607. The maximum Gasteiger partial charge on any atom is 0.511 e. The smallest absolute Gasteiger partial charge is 0.431 e.